The minimum Gasteiger partial charge on any atom is -0.349 e. The lowest BCUT2D eigenvalue weighted by Crippen LogP contribution is -2.21. The lowest BCUT2D eigenvalue weighted by molar-refractivity contribution is 0.523. The van der Waals surface area contributed by atoms with Crippen molar-refractivity contribution < 1.29 is 4.39 Å². The molecule has 1 aromatic heterocycles. The van der Waals surface area contributed by atoms with E-state index in [-0.39, 0.29) is 11.9 Å². The largest absolute Gasteiger partial charge is 0.349 e. The Morgan fingerprint density at radius 3 is 2.94 bits per heavy atom. The van der Waals surface area contributed by atoms with Crippen LogP contribution in [-0.4, -0.2) is 17.0 Å². The monoisotopic (exact) mass is 233 g/mol. The molecule has 1 aromatic carbocycles. The molecule has 0 aliphatic heterocycles. The van der Waals surface area contributed by atoms with E-state index in [0.717, 1.165) is 5.82 Å². The summed E-state index contributed by atoms with van der Waals surface area (Å²) < 4.78 is 14.0. The number of H-pyrrole nitrogens is 1. The molecule has 17 heavy (non-hydrogen) atoms. The summed E-state index contributed by atoms with van der Waals surface area (Å²) in [5, 5.41) is 3.12. The summed E-state index contributed by atoms with van der Waals surface area (Å²) in [6.07, 6.45) is 4.12. The Hall–Kier alpha value is -1.68. The SMILES string of the molecule is CNC(Cc1ncc[nH]1)c1cccc(C)c1F. The summed E-state index contributed by atoms with van der Waals surface area (Å²) in [5.74, 6) is 0.712. The van der Waals surface area contributed by atoms with Gasteiger partial charge in [0.25, 0.3) is 0 Å². The first-order valence-electron chi connectivity index (χ1n) is 5.63. The second-order valence-electron chi connectivity index (χ2n) is 4.06. The Balaban J connectivity index is 2.26. The van der Waals surface area contributed by atoms with Gasteiger partial charge in [0.05, 0.1) is 0 Å². The van der Waals surface area contributed by atoms with Gasteiger partial charge in [-0.3, -0.25) is 0 Å². The minimum absolute atomic E-state index is 0.0685. The third-order valence-electron chi connectivity index (χ3n) is 2.90. The molecule has 0 fully saturated rings. The fraction of sp³-hybridized carbons (Fsp3) is 0.308. The summed E-state index contributed by atoms with van der Waals surface area (Å²) in [4.78, 5) is 7.20. The van der Waals surface area contributed by atoms with Gasteiger partial charge in [0.2, 0.25) is 0 Å². The van der Waals surface area contributed by atoms with Crippen molar-refractivity contribution in [1.82, 2.24) is 15.3 Å². The average Bonchev–Trinajstić information content (AvgIpc) is 2.83. The van der Waals surface area contributed by atoms with E-state index in [2.05, 4.69) is 15.3 Å². The van der Waals surface area contributed by atoms with E-state index in [1.54, 1.807) is 25.4 Å². The molecule has 1 unspecified atom stereocenters. The maximum absolute atomic E-state index is 14.0. The van der Waals surface area contributed by atoms with Crippen LogP contribution in [0.3, 0.4) is 0 Å². The average molecular weight is 233 g/mol. The molecule has 2 aromatic rings. The zero-order chi connectivity index (χ0) is 12.3. The number of aromatic amines is 1. The van der Waals surface area contributed by atoms with E-state index < -0.39 is 0 Å². The molecular formula is C13H16FN3. The molecule has 2 rings (SSSR count). The zero-order valence-corrected chi connectivity index (χ0v) is 10.00. The lowest BCUT2D eigenvalue weighted by Gasteiger charge is -2.17. The van der Waals surface area contributed by atoms with Crippen LogP contribution in [0.2, 0.25) is 0 Å². The molecule has 0 aliphatic carbocycles. The Kier molecular flexibility index (Phi) is 3.54. The van der Waals surface area contributed by atoms with Crippen molar-refractivity contribution in [3.8, 4) is 0 Å². The van der Waals surface area contributed by atoms with Gasteiger partial charge in [0.1, 0.15) is 11.6 Å². The van der Waals surface area contributed by atoms with Crippen LogP contribution in [0.5, 0.6) is 0 Å². The van der Waals surface area contributed by atoms with Gasteiger partial charge >= 0.3 is 0 Å². The van der Waals surface area contributed by atoms with E-state index in [9.17, 15) is 4.39 Å². The second kappa shape index (κ2) is 5.10. The summed E-state index contributed by atoms with van der Waals surface area (Å²) in [6.45, 7) is 1.78. The predicted octanol–water partition coefficient (Wildman–Crippen LogP) is 2.36. The topological polar surface area (TPSA) is 40.7 Å². The van der Waals surface area contributed by atoms with Crippen molar-refractivity contribution >= 4 is 0 Å². The molecule has 3 nitrogen and oxygen atoms in total. The quantitative estimate of drug-likeness (QED) is 0.851. The third kappa shape index (κ3) is 2.53. The molecule has 4 heteroatoms. The highest BCUT2D eigenvalue weighted by Crippen LogP contribution is 2.21. The highest BCUT2D eigenvalue weighted by molar-refractivity contribution is 5.28. The van der Waals surface area contributed by atoms with E-state index in [1.807, 2.05) is 19.2 Å². The van der Waals surface area contributed by atoms with Crippen LogP contribution in [0.15, 0.2) is 30.6 Å². The fourth-order valence-electron chi connectivity index (χ4n) is 1.91. The molecule has 0 bridgehead atoms. The van der Waals surface area contributed by atoms with Gasteiger partial charge in [-0.15, -0.1) is 0 Å². The number of hydrogen-bond acceptors (Lipinski definition) is 2. The molecule has 0 amide bonds. The number of hydrogen-bond donors (Lipinski definition) is 2. The summed E-state index contributed by atoms with van der Waals surface area (Å²) >= 11 is 0. The molecule has 0 saturated heterocycles. The van der Waals surface area contributed by atoms with Gasteiger partial charge < -0.3 is 10.3 Å². The van der Waals surface area contributed by atoms with Gasteiger partial charge in [-0.25, -0.2) is 9.37 Å². The highest BCUT2D eigenvalue weighted by Gasteiger charge is 2.16. The first kappa shape index (κ1) is 11.8. The van der Waals surface area contributed by atoms with Crippen LogP contribution in [-0.2, 0) is 6.42 Å². The van der Waals surface area contributed by atoms with Crippen molar-refractivity contribution in [2.24, 2.45) is 0 Å². The molecular weight excluding hydrogens is 217 g/mol. The molecule has 90 valence electrons. The molecule has 0 aliphatic rings. The number of imidazole rings is 1. The maximum Gasteiger partial charge on any atom is 0.130 e. The molecule has 1 atom stereocenters. The maximum atomic E-state index is 14.0. The number of nitrogens with one attached hydrogen (secondary N) is 2. The number of aromatic nitrogens is 2. The van der Waals surface area contributed by atoms with Gasteiger partial charge in [-0.05, 0) is 19.5 Å². The van der Waals surface area contributed by atoms with Crippen LogP contribution in [0.4, 0.5) is 4.39 Å². The molecule has 0 spiro atoms. The van der Waals surface area contributed by atoms with Crippen LogP contribution in [0.1, 0.15) is 23.0 Å². The number of rotatable bonds is 4. The van der Waals surface area contributed by atoms with Crippen LogP contribution >= 0.6 is 0 Å². The predicted molar refractivity (Wildman–Crippen MR) is 65.2 cm³/mol. The Morgan fingerprint density at radius 2 is 2.29 bits per heavy atom. The van der Waals surface area contributed by atoms with Gasteiger partial charge in [0, 0.05) is 30.4 Å². The van der Waals surface area contributed by atoms with Gasteiger partial charge in [-0.1, -0.05) is 18.2 Å². The van der Waals surface area contributed by atoms with Gasteiger partial charge in [0.15, 0.2) is 0 Å². The normalized spacial score (nSPS) is 12.6. The van der Waals surface area contributed by atoms with Crippen LogP contribution in [0, 0.1) is 12.7 Å². The Morgan fingerprint density at radius 1 is 1.47 bits per heavy atom. The van der Waals surface area contributed by atoms with E-state index in [0.29, 0.717) is 17.5 Å². The van der Waals surface area contributed by atoms with Gasteiger partial charge in [-0.2, -0.15) is 0 Å². The number of aryl methyl sites for hydroxylation is 1. The molecule has 1 heterocycles. The Bertz CT molecular complexity index is 479. The molecule has 0 saturated carbocycles. The first-order chi connectivity index (χ1) is 8.22. The minimum atomic E-state index is -0.140. The first-order valence-corrected chi connectivity index (χ1v) is 5.63. The smallest absolute Gasteiger partial charge is 0.130 e. The van der Waals surface area contributed by atoms with Crippen LogP contribution < -0.4 is 5.32 Å². The molecule has 0 radical (unpaired) electrons. The van der Waals surface area contributed by atoms with Crippen molar-refractivity contribution in [2.45, 2.75) is 19.4 Å². The Labute approximate surface area is 100 Å². The third-order valence-corrected chi connectivity index (χ3v) is 2.90. The van der Waals surface area contributed by atoms with E-state index in [1.165, 1.54) is 0 Å². The number of nitrogens with zero attached hydrogens (tertiary/aromatic N) is 1. The van der Waals surface area contributed by atoms with Crippen molar-refractivity contribution in [1.29, 1.82) is 0 Å². The summed E-state index contributed by atoms with van der Waals surface area (Å²) in [5.41, 5.74) is 1.35. The summed E-state index contributed by atoms with van der Waals surface area (Å²) in [7, 11) is 1.83. The second-order valence-corrected chi connectivity index (χ2v) is 4.06. The zero-order valence-electron chi connectivity index (χ0n) is 10.00. The van der Waals surface area contributed by atoms with Crippen molar-refractivity contribution in [3.63, 3.8) is 0 Å². The number of benzene rings is 1. The lowest BCUT2D eigenvalue weighted by atomic mass is 10.0. The highest BCUT2D eigenvalue weighted by atomic mass is 19.1. The van der Waals surface area contributed by atoms with Crippen LogP contribution in [0.25, 0.3) is 0 Å². The fourth-order valence-corrected chi connectivity index (χ4v) is 1.91. The van der Waals surface area contributed by atoms with Crippen molar-refractivity contribution in [3.05, 3.63) is 53.4 Å². The van der Waals surface area contributed by atoms with Crippen molar-refractivity contribution in [2.75, 3.05) is 7.05 Å². The van der Waals surface area contributed by atoms with E-state index >= 15 is 0 Å². The molecule has 2 N–H and O–H groups in total. The van der Waals surface area contributed by atoms with E-state index in [4.69, 9.17) is 0 Å². The standard InChI is InChI=1S/C13H16FN3/c1-9-4-3-5-10(13(9)14)11(15-2)8-12-16-6-7-17-12/h3-7,11,15H,8H2,1-2H3,(H,16,17). The summed E-state index contributed by atoms with van der Waals surface area (Å²) in [6, 6.07) is 5.39. The number of likely N-dealkylation sites (N-methyl/N-ethyl adjacent to an activating group) is 1. The number of halogens is 1.